The summed E-state index contributed by atoms with van der Waals surface area (Å²) < 4.78 is 65.5. The van der Waals surface area contributed by atoms with Gasteiger partial charge in [0.15, 0.2) is 0 Å². The Kier molecular flexibility index (Phi) is 7.71. The molecule has 1 saturated carbocycles. The zero-order valence-corrected chi connectivity index (χ0v) is 17.3. The number of esters is 1. The molecular weight excluding hydrogens is 406 g/mol. The first kappa shape index (κ1) is 24.0. The number of carbonyl (C=O) groups is 2. The molecule has 30 heavy (non-hydrogen) atoms. The molecule has 168 valence electrons. The second-order valence-corrected chi connectivity index (χ2v) is 8.35. The van der Waals surface area contributed by atoms with Gasteiger partial charge in [-0.1, -0.05) is 24.3 Å². The zero-order valence-electron chi connectivity index (χ0n) is 17.3. The second-order valence-electron chi connectivity index (χ2n) is 8.35. The molecule has 1 aromatic carbocycles. The van der Waals surface area contributed by atoms with E-state index in [9.17, 15) is 27.2 Å². The highest BCUT2D eigenvalue weighted by molar-refractivity contribution is 5.81. The smallest absolute Gasteiger partial charge is 0.408 e. The first-order valence-corrected chi connectivity index (χ1v) is 9.65. The van der Waals surface area contributed by atoms with Crippen LogP contribution in [0.4, 0.5) is 22.4 Å². The van der Waals surface area contributed by atoms with E-state index in [4.69, 9.17) is 9.47 Å². The lowest BCUT2D eigenvalue weighted by molar-refractivity contribution is -0.143. The summed E-state index contributed by atoms with van der Waals surface area (Å²) in [4.78, 5) is 24.0. The van der Waals surface area contributed by atoms with Gasteiger partial charge in [-0.3, -0.25) is 0 Å². The first-order chi connectivity index (χ1) is 13.9. The van der Waals surface area contributed by atoms with Gasteiger partial charge in [0.05, 0.1) is 13.0 Å². The second kappa shape index (κ2) is 9.66. The molecule has 0 spiro atoms. The van der Waals surface area contributed by atoms with Crippen molar-refractivity contribution in [3.05, 3.63) is 35.4 Å². The number of halogens is 4. The number of carbonyl (C=O) groups excluding carboxylic acids is 2. The summed E-state index contributed by atoms with van der Waals surface area (Å²) in [6, 6.07) is 4.64. The molecule has 1 N–H and O–H groups in total. The molecule has 1 aromatic rings. The summed E-state index contributed by atoms with van der Waals surface area (Å²) in [6.45, 7) is 5.01. The summed E-state index contributed by atoms with van der Waals surface area (Å²) >= 11 is 0. The molecule has 0 radical (unpaired) electrons. The number of hydrogen-bond donors (Lipinski definition) is 1. The minimum Gasteiger partial charge on any atom is -0.467 e. The third-order valence-electron chi connectivity index (χ3n) is 4.81. The van der Waals surface area contributed by atoms with Crippen molar-refractivity contribution in [3.8, 4) is 0 Å². The van der Waals surface area contributed by atoms with Crippen LogP contribution < -0.4 is 5.32 Å². The number of benzene rings is 1. The maximum Gasteiger partial charge on any atom is 0.408 e. The fourth-order valence-electron chi connectivity index (χ4n) is 3.37. The van der Waals surface area contributed by atoms with E-state index in [0.717, 1.165) is 0 Å². The van der Waals surface area contributed by atoms with Gasteiger partial charge < -0.3 is 14.8 Å². The number of ether oxygens (including phenoxy) is 2. The number of nitrogens with one attached hydrogen (secondary N) is 1. The lowest BCUT2D eigenvalue weighted by Crippen LogP contribution is -2.45. The van der Waals surface area contributed by atoms with Crippen LogP contribution in [0.25, 0.3) is 0 Å². The Morgan fingerprint density at radius 3 is 2.07 bits per heavy atom. The van der Waals surface area contributed by atoms with Crippen LogP contribution in [0.1, 0.15) is 44.2 Å². The minimum absolute atomic E-state index is 0.0203. The van der Waals surface area contributed by atoms with Crippen LogP contribution in [0.2, 0.25) is 0 Å². The lowest BCUT2D eigenvalue weighted by Gasteiger charge is -2.34. The van der Waals surface area contributed by atoms with Gasteiger partial charge in [0.1, 0.15) is 36.3 Å². The van der Waals surface area contributed by atoms with Crippen LogP contribution in [0.15, 0.2) is 24.3 Å². The molecule has 9 heteroatoms. The van der Waals surface area contributed by atoms with Crippen LogP contribution in [0.5, 0.6) is 0 Å². The van der Waals surface area contributed by atoms with Crippen molar-refractivity contribution in [1.82, 2.24) is 5.32 Å². The van der Waals surface area contributed by atoms with Crippen molar-refractivity contribution in [2.75, 3.05) is 7.11 Å². The molecule has 6 atom stereocenters. The third kappa shape index (κ3) is 6.09. The Bertz CT molecular complexity index is 724. The van der Waals surface area contributed by atoms with E-state index in [1.165, 1.54) is 31.4 Å². The van der Waals surface area contributed by atoms with Gasteiger partial charge in [-0.05, 0) is 31.9 Å². The summed E-state index contributed by atoms with van der Waals surface area (Å²) in [6.07, 6.45) is -10.0. The highest BCUT2D eigenvalue weighted by Gasteiger charge is 2.47. The van der Waals surface area contributed by atoms with Crippen LogP contribution in [0, 0.1) is 0 Å². The van der Waals surface area contributed by atoms with Gasteiger partial charge in [-0.25, -0.2) is 27.2 Å². The van der Waals surface area contributed by atoms with Gasteiger partial charge in [0, 0.05) is 12.8 Å². The minimum atomic E-state index is -2.14. The van der Waals surface area contributed by atoms with Crippen molar-refractivity contribution in [3.63, 3.8) is 0 Å². The number of amides is 1. The average Bonchev–Trinajstić information content (AvgIpc) is 2.65. The summed E-state index contributed by atoms with van der Waals surface area (Å²) in [7, 11) is 1.17. The Hall–Kier alpha value is -2.32. The van der Waals surface area contributed by atoms with Crippen molar-refractivity contribution in [1.29, 1.82) is 0 Å². The molecule has 5 nitrogen and oxygen atoms in total. The van der Waals surface area contributed by atoms with E-state index in [1.807, 2.05) is 0 Å². The lowest BCUT2D eigenvalue weighted by atomic mass is 9.79. The van der Waals surface area contributed by atoms with Crippen molar-refractivity contribution < 1.29 is 36.6 Å². The van der Waals surface area contributed by atoms with Crippen molar-refractivity contribution in [2.45, 2.75) is 75.9 Å². The standard InChI is InChI=1S/C21H27F4NO4/c1-21(2,3)30-20(28)26-15(19(27)29-4)9-11-5-7-12(8-6-11)16-17(24)13(22)10-14(23)18(16)25/h5-8,13-18H,9-10H2,1-4H3,(H,26,28)/t13-,14+,15-,16?,17-,18+/m0/s1. The molecule has 0 aromatic heterocycles. The molecule has 1 amide bonds. The van der Waals surface area contributed by atoms with Crippen molar-refractivity contribution in [2.24, 2.45) is 0 Å². The molecule has 1 aliphatic rings. The normalized spacial score (nSPS) is 27.8. The maximum absolute atomic E-state index is 14.2. The van der Waals surface area contributed by atoms with Gasteiger partial charge >= 0.3 is 12.1 Å². The van der Waals surface area contributed by atoms with E-state index in [0.29, 0.717) is 5.56 Å². The molecule has 1 unspecified atom stereocenters. The number of alkyl carbamates (subject to hydrolysis) is 1. The zero-order chi connectivity index (χ0) is 22.6. The Morgan fingerprint density at radius 1 is 1.07 bits per heavy atom. The van der Waals surface area contributed by atoms with Crippen LogP contribution in [-0.4, -0.2) is 55.5 Å². The molecule has 1 aliphatic carbocycles. The topological polar surface area (TPSA) is 64.6 Å². The monoisotopic (exact) mass is 433 g/mol. The highest BCUT2D eigenvalue weighted by atomic mass is 19.2. The fraction of sp³-hybridized carbons (Fsp3) is 0.619. The van der Waals surface area contributed by atoms with Gasteiger partial charge in [-0.15, -0.1) is 0 Å². The number of hydrogen-bond acceptors (Lipinski definition) is 4. The Balaban J connectivity index is 2.13. The van der Waals surface area contributed by atoms with Crippen LogP contribution >= 0.6 is 0 Å². The summed E-state index contributed by atoms with van der Waals surface area (Å²) in [5.41, 5.74) is -0.0975. The summed E-state index contributed by atoms with van der Waals surface area (Å²) in [5.74, 6) is -2.25. The molecule has 2 rings (SSSR count). The molecule has 0 saturated heterocycles. The molecule has 0 aliphatic heterocycles. The highest BCUT2D eigenvalue weighted by Crippen LogP contribution is 2.40. The van der Waals surface area contributed by atoms with Crippen molar-refractivity contribution >= 4 is 12.1 Å². The van der Waals surface area contributed by atoms with Crippen LogP contribution in [0.3, 0.4) is 0 Å². The quantitative estimate of drug-likeness (QED) is 0.560. The Labute approximate surface area is 173 Å². The van der Waals surface area contributed by atoms with E-state index in [1.54, 1.807) is 20.8 Å². The van der Waals surface area contributed by atoms with Crippen LogP contribution in [-0.2, 0) is 20.7 Å². The summed E-state index contributed by atoms with van der Waals surface area (Å²) in [5, 5.41) is 2.42. The Morgan fingerprint density at radius 2 is 1.60 bits per heavy atom. The number of methoxy groups -OCH3 is 1. The number of rotatable bonds is 5. The number of alkyl halides is 4. The SMILES string of the molecule is COC(=O)[C@H](Cc1ccc(C2[C@@H](F)[C@@H](F)C[C@@H](F)[C@H]2F)cc1)NC(=O)OC(C)(C)C. The van der Waals surface area contributed by atoms with E-state index in [2.05, 4.69) is 5.32 Å². The van der Waals surface area contributed by atoms with E-state index < -0.39 is 60.7 Å². The van der Waals surface area contributed by atoms with Gasteiger partial charge in [-0.2, -0.15) is 0 Å². The predicted octanol–water partition coefficient (Wildman–Crippen LogP) is 4.14. The molecular formula is C21H27F4NO4. The maximum atomic E-state index is 14.2. The predicted molar refractivity (Wildman–Crippen MR) is 102 cm³/mol. The average molecular weight is 433 g/mol. The van der Waals surface area contributed by atoms with Gasteiger partial charge in [0.25, 0.3) is 0 Å². The largest absolute Gasteiger partial charge is 0.467 e. The van der Waals surface area contributed by atoms with E-state index >= 15 is 0 Å². The van der Waals surface area contributed by atoms with Gasteiger partial charge in [0.2, 0.25) is 0 Å². The third-order valence-corrected chi connectivity index (χ3v) is 4.81. The first-order valence-electron chi connectivity index (χ1n) is 9.65. The molecule has 0 bridgehead atoms. The van der Waals surface area contributed by atoms with E-state index in [-0.39, 0.29) is 12.0 Å². The molecule has 1 fully saturated rings. The fourth-order valence-corrected chi connectivity index (χ4v) is 3.37. The molecule has 0 heterocycles.